The third-order valence-electron chi connectivity index (χ3n) is 17.7. The quantitative estimate of drug-likeness (QED) is 0.0222. The zero-order chi connectivity index (χ0) is 69.4. The third-order valence-corrected chi connectivity index (χ3v) is 19.6. The molecule has 0 amide bonds. The zero-order valence-corrected chi connectivity index (χ0v) is 63.2. The van der Waals surface area contributed by atoms with E-state index in [9.17, 15) is 43.2 Å². The summed E-state index contributed by atoms with van der Waals surface area (Å²) in [7, 11) is -9.91. The van der Waals surface area contributed by atoms with Crippen molar-refractivity contribution >= 4 is 39.5 Å². The number of aliphatic hydroxyl groups excluding tert-OH is 1. The Bertz CT molecular complexity index is 1840. The first-order valence-electron chi connectivity index (χ1n) is 38.9. The summed E-state index contributed by atoms with van der Waals surface area (Å²) in [4.78, 5) is 72.8. The molecule has 94 heavy (non-hydrogen) atoms. The largest absolute Gasteiger partial charge is 0.472 e. The van der Waals surface area contributed by atoms with Crippen LogP contribution in [0.3, 0.4) is 0 Å². The number of aliphatic hydroxyl groups is 1. The number of phosphoric ester groups is 2. The van der Waals surface area contributed by atoms with Crippen molar-refractivity contribution in [2.75, 3.05) is 39.6 Å². The van der Waals surface area contributed by atoms with E-state index in [4.69, 9.17) is 37.0 Å². The summed E-state index contributed by atoms with van der Waals surface area (Å²) in [5, 5.41) is 10.6. The second kappa shape index (κ2) is 65.7. The average molecular weight is 1380 g/mol. The van der Waals surface area contributed by atoms with Crippen molar-refractivity contribution in [2.24, 2.45) is 17.8 Å². The molecule has 0 aromatic heterocycles. The highest BCUT2D eigenvalue weighted by molar-refractivity contribution is 7.47. The van der Waals surface area contributed by atoms with Gasteiger partial charge in [-0.15, -0.1) is 0 Å². The third kappa shape index (κ3) is 67.3. The Morgan fingerprint density at radius 2 is 0.543 bits per heavy atom. The Labute approximate surface area is 575 Å². The van der Waals surface area contributed by atoms with Crippen LogP contribution in [-0.2, 0) is 65.4 Å². The first kappa shape index (κ1) is 92.1. The number of unbranched alkanes of at least 4 members (excludes halogenated alkanes) is 40. The van der Waals surface area contributed by atoms with E-state index in [-0.39, 0.29) is 25.7 Å². The minimum atomic E-state index is -4.96. The molecule has 0 saturated carbocycles. The fourth-order valence-electron chi connectivity index (χ4n) is 11.4. The first-order chi connectivity index (χ1) is 45.3. The van der Waals surface area contributed by atoms with Gasteiger partial charge in [-0.3, -0.25) is 37.3 Å². The SMILES string of the molecule is CCCCCCCCCCCCCCC(=O)OC[C@H](COP(=O)(O)OC[C@H](O)COP(=O)(O)OC[C@@H](COC(=O)CCCCCCCCCCCC(C)C)OC(=O)CCCCCCCCCCCCCCCCC(C)CC)OC(=O)CCCCCCCCCCCC(C)C. The summed E-state index contributed by atoms with van der Waals surface area (Å²) >= 11 is 0. The van der Waals surface area contributed by atoms with Crippen LogP contribution in [0.5, 0.6) is 0 Å². The summed E-state index contributed by atoms with van der Waals surface area (Å²) in [6, 6.07) is 0. The lowest BCUT2D eigenvalue weighted by Gasteiger charge is -2.21. The van der Waals surface area contributed by atoms with Crippen molar-refractivity contribution in [1.82, 2.24) is 0 Å². The van der Waals surface area contributed by atoms with Crippen molar-refractivity contribution in [2.45, 2.75) is 401 Å². The molecule has 558 valence electrons. The summed E-state index contributed by atoms with van der Waals surface area (Å²) in [5.74, 6) is 0.207. The number of phosphoric acid groups is 2. The van der Waals surface area contributed by atoms with Crippen molar-refractivity contribution in [3.05, 3.63) is 0 Å². The van der Waals surface area contributed by atoms with Crippen molar-refractivity contribution in [1.29, 1.82) is 0 Å². The molecule has 0 aromatic rings. The van der Waals surface area contributed by atoms with Crippen LogP contribution in [0.15, 0.2) is 0 Å². The van der Waals surface area contributed by atoms with E-state index in [1.807, 2.05) is 0 Å². The van der Waals surface area contributed by atoms with Gasteiger partial charge < -0.3 is 33.8 Å². The second-order valence-electron chi connectivity index (χ2n) is 28.2. The number of rotatable bonds is 73. The summed E-state index contributed by atoms with van der Waals surface area (Å²) in [6.45, 7) is 11.9. The molecule has 6 atom stereocenters. The maximum Gasteiger partial charge on any atom is 0.472 e. The van der Waals surface area contributed by atoms with E-state index in [1.165, 1.54) is 193 Å². The number of carbonyl (C=O) groups is 4. The second-order valence-corrected chi connectivity index (χ2v) is 31.1. The van der Waals surface area contributed by atoms with Crippen molar-refractivity contribution < 1.29 is 80.2 Å². The molecule has 0 fully saturated rings. The summed E-state index contributed by atoms with van der Waals surface area (Å²) in [5.41, 5.74) is 0. The van der Waals surface area contributed by atoms with Crippen LogP contribution in [0.1, 0.15) is 382 Å². The molecule has 0 saturated heterocycles. The van der Waals surface area contributed by atoms with Gasteiger partial charge in [-0.05, 0) is 43.4 Å². The van der Waals surface area contributed by atoms with Crippen LogP contribution in [0.25, 0.3) is 0 Å². The monoisotopic (exact) mass is 1380 g/mol. The molecule has 3 N–H and O–H groups in total. The van der Waals surface area contributed by atoms with Gasteiger partial charge in [0.15, 0.2) is 12.2 Å². The van der Waals surface area contributed by atoms with E-state index in [0.717, 1.165) is 108 Å². The molecule has 0 bridgehead atoms. The van der Waals surface area contributed by atoms with Crippen LogP contribution >= 0.6 is 15.6 Å². The normalized spacial score (nSPS) is 14.4. The predicted molar refractivity (Wildman–Crippen MR) is 381 cm³/mol. The standard InChI is InChI=1S/C75H146O17P2/c1-8-10-11-12-13-14-15-21-28-35-42-49-56-72(77)85-62-71(92-75(80)59-52-45-38-31-24-26-33-40-47-54-67(5)6)65-90-94(83,84)88-61-69(76)60-87-93(81,82)89-64-70(63-86-73(78)57-50-43-36-30-23-25-32-39-46-53-66(3)4)91-74(79)58-51-44-37-29-22-19-17-16-18-20-27-34-41-48-55-68(7)9-2/h66-71,76H,8-65H2,1-7H3,(H,81,82)(H,83,84)/t68?,69-,70-,71-/m1/s1. The molecule has 0 rings (SSSR count). The van der Waals surface area contributed by atoms with Gasteiger partial charge in [0.05, 0.1) is 26.4 Å². The number of carbonyl (C=O) groups excluding carboxylic acids is 4. The molecular weight excluding hydrogens is 1230 g/mol. The van der Waals surface area contributed by atoms with Gasteiger partial charge >= 0.3 is 39.5 Å². The van der Waals surface area contributed by atoms with Crippen molar-refractivity contribution in [3.8, 4) is 0 Å². The lowest BCUT2D eigenvalue weighted by Crippen LogP contribution is -2.30. The maximum atomic E-state index is 13.1. The van der Waals surface area contributed by atoms with E-state index in [2.05, 4.69) is 48.5 Å². The maximum absolute atomic E-state index is 13.1. The fourth-order valence-corrected chi connectivity index (χ4v) is 13.0. The Morgan fingerprint density at radius 1 is 0.309 bits per heavy atom. The minimum Gasteiger partial charge on any atom is -0.462 e. The Morgan fingerprint density at radius 3 is 0.809 bits per heavy atom. The first-order valence-corrected chi connectivity index (χ1v) is 41.9. The highest BCUT2D eigenvalue weighted by atomic mass is 31.2. The molecule has 0 aliphatic rings. The van der Waals surface area contributed by atoms with Gasteiger partial charge in [-0.25, -0.2) is 9.13 Å². The molecule has 0 aliphatic heterocycles. The van der Waals surface area contributed by atoms with Gasteiger partial charge in [0.25, 0.3) is 0 Å². The Balaban J connectivity index is 5.25. The van der Waals surface area contributed by atoms with E-state index >= 15 is 0 Å². The highest BCUT2D eigenvalue weighted by Gasteiger charge is 2.30. The minimum absolute atomic E-state index is 0.105. The zero-order valence-electron chi connectivity index (χ0n) is 61.4. The molecular formula is C75H146O17P2. The molecule has 19 heteroatoms. The van der Waals surface area contributed by atoms with Crippen LogP contribution < -0.4 is 0 Å². The van der Waals surface area contributed by atoms with E-state index < -0.39 is 97.5 Å². The molecule has 0 spiro atoms. The summed E-state index contributed by atoms with van der Waals surface area (Å²) < 4.78 is 68.5. The molecule has 0 aliphatic carbocycles. The number of hydrogen-bond acceptors (Lipinski definition) is 15. The molecule has 17 nitrogen and oxygen atoms in total. The van der Waals surface area contributed by atoms with Crippen LogP contribution in [-0.4, -0.2) is 96.7 Å². The molecule has 0 radical (unpaired) electrons. The number of hydrogen-bond donors (Lipinski definition) is 3. The fraction of sp³-hybridized carbons (Fsp3) is 0.947. The average Bonchev–Trinajstić information content (AvgIpc) is 1.53. The van der Waals surface area contributed by atoms with Gasteiger partial charge in [0, 0.05) is 25.7 Å². The van der Waals surface area contributed by atoms with E-state index in [1.54, 1.807) is 0 Å². The molecule has 3 unspecified atom stereocenters. The predicted octanol–water partition coefficient (Wildman–Crippen LogP) is 21.8. The van der Waals surface area contributed by atoms with Gasteiger partial charge in [0.1, 0.15) is 19.3 Å². The van der Waals surface area contributed by atoms with Crippen LogP contribution in [0.2, 0.25) is 0 Å². The van der Waals surface area contributed by atoms with Crippen LogP contribution in [0.4, 0.5) is 0 Å². The Hall–Kier alpha value is -1.94. The lowest BCUT2D eigenvalue weighted by atomic mass is 9.99. The van der Waals surface area contributed by atoms with Gasteiger partial charge in [0.2, 0.25) is 0 Å². The number of ether oxygens (including phenoxy) is 4. The molecule has 0 aromatic carbocycles. The van der Waals surface area contributed by atoms with Crippen LogP contribution in [0, 0.1) is 17.8 Å². The summed E-state index contributed by atoms with van der Waals surface area (Å²) in [6.07, 6.45) is 51.2. The van der Waals surface area contributed by atoms with Gasteiger partial charge in [-0.2, -0.15) is 0 Å². The van der Waals surface area contributed by atoms with Gasteiger partial charge in [-0.1, -0.05) is 331 Å². The number of esters is 4. The highest BCUT2D eigenvalue weighted by Crippen LogP contribution is 2.45. The Kier molecular flexibility index (Phi) is 64.3. The smallest absolute Gasteiger partial charge is 0.462 e. The lowest BCUT2D eigenvalue weighted by molar-refractivity contribution is -0.161. The molecule has 0 heterocycles. The topological polar surface area (TPSA) is 237 Å². The van der Waals surface area contributed by atoms with E-state index in [0.29, 0.717) is 25.7 Å². The van der Waals surface area contributed by atoms with Crippen molar-refractivity contribution in [3.63, 3.8) is 0 Å².